The minimum atomic E-state index is -1.20. The molecule has 138 valence electrons. The number of rotatable bonds is 7. The van der Waals surface area contributed by atoms with E-state index in [1.54, 1.807) is 6.92 Å². The van der Waals surface area contributed by atoms with Gasteiger partial charge < -0.3 is 16.0 Å². The van der Waals surface area contributed by atoms with Crippen LogP contribution in [0.2, 0.25) is 0 Å². The van der Waals surface area contributed by atoms with Crippen molar-refractivity contribution in [1.82, 2.24) is 21.3 Å². The molecule has 7 heteroatoms. The Bertz CT molecular complexity index is 733. The van der Waals surface area contributed by atoms with Crippen LogP contribution >= 0.6 is 0 Å². The number of carbonyl (C=O) groups is 3. The molecule has 0 radical (unpaired) electrons. The van der Waals surface area contributed by atoms with Crippen LogP contribution in [0.25, 0.3) is 0 Å². The van der Waals surface area contributed by atoms with Gasteiger partial charge in [-0.3, -0.25) is 14.9 Å². The number of aryl methyl sites for hydroxylation is 1. The summed E-state index contributed by atoms with van der Waals surface area (Å²) in [5, 5.41) is 10.5. The van der Waals surface area contributed by atoms with Gasteiger partial charge in [-0.2, -0.15) is 0 Å². The summed E-state index contributed by atoms with van der Waals surface area (Å²) in [5.74, 6) is 5.31. The molecule has 1 aliphatic heterocycles. The van der Waals surface area contributed by atoms with Gasteiger partial charge in [0.1, 0.15) is 0 Å². The van der Waals surface area contributed by atoms with E-state index in [-0.39, 0.29) is 5.91 Å². The zero-order valence-corrected chi connectivity index (χ0v) is 15.1. The van der Waals surface area contributed by atoms with Crippen molar-refractivity contribution >= 4 is 17.8 Å². The standard InChI is InChI=1S/C19H24N4O3/c1-3-20-13-21-16(24)6-4-5-14-7-9-15(10-8-14)11-12-19(2)17(25)22-18(26)23-19/h7-10,20H,3-6,13H2,1-2H3,(H,21,24)(H2,22,23,25,26). The lowest BCUT2D eigenvalue weighted by Crippen LogP contribution is -2.42. The van der Waals surface area contributed by atoms with Gasteiger partial charge in [-0.1, -0.05) is 30.9 Å². The molecule has 7 nitrogen and oxygen atoms in total. The molecule has 1 atom stereocenters. The number of carbonyl (C=O) groups excluding carboxylic acids is 3. The Morgan fingerprint density at radius 2 is 1.96 bits per heavy atom. The van der Waals surface area contributed by atoms with E-state index in [1.807, 2.05) is 31.2 Å². The van der Waals surface area contributed by atoms with Crippen molar-refractivity contribution in [2.45, 2.75) is 38.6 Å². The van der Waals surface area contributed by atoms with Crippen LogP contribution in [-0.2, 0) is 16.0 Å². The highest BCUT2D eigenvalue weighted by molar-refractivity contribution is 6.08. The third-order valence-electron chi connectivity index (χ3n) is 3.99. The largest absolute Gasteiger partial charge is 0.344 e. The van der Waals surface area contributed by atoms with E-state index in [1.165, 1.54) is 0 Å². The number of nitrogens with one attached hydrogen (secondary N) is 4. The average molecular weight is 356 g/mol. The van der Waals surface area contributed by atoms with Crippen LogP contribution in [-0.4, -0.2) is 36.6 Å². The molecular weight excluding hydrogens is 332 g/mol. The maximum atomic E-state index is 11.7. The maximum absolute atomic E-state index is 11.7. The third-order valence-corrected chi connectivity index (χ3v) is 3.99. The van der Waals surface area contributed by atoms with Gasteiger partial charge in [-0.25, -0.2) is 4.79 Å². The third kappa shape index (κ3) is 5.60. The summed E-state index contributed by atoms with van der Waals surface area (Å²) >= 11 is 0. The van der Waals surface area contributed by atoms with Crippen molar-refractivity contribution in [3.8, 4) is 11.8 Å². The number of hydrogen-bond acceptors (Lipinski definition) is 4. The molecule has 1 aliphatic rings. The Morgan fingerprint density at radius 3 is 2.58 bits per heavy atom. The van der Waals surface area contributed by atoms with Crippen molar-refractivity contribution in [2.75, 3.05) is 13.2 Å². The molecule has 4 amide bonds. The van der Waals surface area contributed by atoms with Crippen molar-refractivity contribution < 1.29 is 14.4 Å². The lowest BCUT2D eigenvalue weighted by molar-refractivity contribution is -0.122. The number of imide groups is 1. The Labute approximate surface area is 153 Å². The van der Waals surface area contributed by atoms with Gasteiger partial charge >= 0.3 is 6.03 Å². The first-order valence-electron chi connectivity index (χ1n) is 8.66. The number of amides is 4. The Balaban J connectivity index is 1.82. The second-order valence-corrected chi connectivity index (χ2v) is 6.21. The van der Waals surface area contributed by atoms with Crippen molar-refractivity contribution in [3.05, 3.63) is 35.4 Å². The summed E-state index contributed by atoms with van der Waals surface area (Å²) in [6.45, 7) is 4.88. The highest BCUT2D eigenvalue weighted by atomic mass is 16.2. The molecule has 0 bridgehead atoms. The van der Waals surface area contributed by atoms with Crippen molar-refractivity contribution in [1.29, 1.82) is 0 Å². The smallest absolute Gasteiger partial charge is 0.323 e. The van der Waals surface area contributed by atoms with Crippen molar-refractivity contribution in [3.63, 3.8) is 0 Å². The fourth-order valence-corrected chi connectivity index (χ4v) is 2.41. The molecule has 1 fully saturated rings. The molecule has 1 aromatic carbocycles. The summed E-state index contributed by atoms with van der Waals surface area (Å²) < 4.78 is 0. The zero-order valence-electron chi connectivity index (χ0n) is 15.1. The van der Waals surface area contributed by atoms with E-state index in [0.29, 0.717) is 13.1 Å². The predicted molar refractivity (Wildman–Crippen MR) is 98.0 cm³/mol. The maximum Gasteiger partial charge on any atom is 0.323 e. The van der Waals surface area contributed by atoms with Crippen molar-refractivity contribution in [2.24, 2.45) is 0 Å². The Hall–Kier alpha value is -2.85. The fraction of sp³-hybridized carbons (Fsp3) is 0.421. The van der Waals surface area contributed by atoms with Gasteiger partial charge in [0.2, 0.25) is 5.91 Å². The van der Waals surface area contributed by atoms with Crippen LogP contribution in [0.4, 0.5) is 4.79 Å². The minimum Gasteiger partial charge on any atom is -0.344 e. The molecule has 0 spiro atoms. The zero-order chi connectivity index (χ0) is 19.0. The molecule has 26 heavy (non-hydrogen) atoms. The molecule has 2 rings (SSSR count). The quantitative estimate of drug-likeness (QED) is 0.249. The van der Waals surface area contributed by atoms with Gasteiger partial charge in [0, 0.05) is 12.0 Å². The monoisotopic (exact) mass is 356 g/mol. The molecule has 1 saturated heterocycles. The Morgan fingerprint density at radius 1 is 1.23 bits per heavy atom. The summed E-state index contributed by atoms with van der Waals surface area (Å²) in [7, 11) is 0. The second kappa shape index (κ2) is 9.02. The van der Waals surface area contributed by atoms with Crippen LogP contribution in [0.3, 0.4) is 0 Å². The Kier molecular flexibility index (Phi) is 6.75. The lowest BCUT2D eigenvalue weighted by Gasteiger charge is -2.11. The highest BCUT2D eigenvalue weighted by Gasteiger charge is 2.40. The highest BCUT2D eigenvalue weighted by Crippen LogP contribution is 2.10. The van der Waals surface area contributed by atoms with Crippen LogP contribution in [0, 0.1) is 11.8 Å². The first kappa shape index (κ1) is 19.5. The molecule has 1 heterocycles. The van der Waals surface area contributed by atoms with Gasteiger partial charge in [0.25, 0.3) is 5.91 Å². The second-order valence-electron chi connectivity index (χ2n) is 6.21. The van der Waals surface area contributed by atoms with Crippen LogP contribution in [0.5, 0.6) is 0 Å². The first-order chi connectivity index (χ1) is 12.4. The van der Waals surface area contributed by atoms with E-state index in [2.05, 4.69) is 33.1 Å². The predicted octanol–water partition coefficient (Wildman–Crippen LogP) is 0.642. The van der Waals surface area contributed by atoms with E-state index in [0.717, 1.165) is 30.5 Å². The molecule has 1 unspecified atom stereocenters. The molecular formula is C19H24N4O3. The van der Waals surface area contributed by atoms with Gasteiger partial charge in [-0.05, 0) is 44.0 Å². The average Bonchev–Trinajstić information content (AvgIpc) is 2.87. The van der Waals surface area contributed by atoms with Crippen LogP contribution in [0.15, 0.2) is 24.3 Å². The molecule has 4 N–H and O–H groups in total. The number of urea groups is 1. The minimum absolute atomic E-state index is 0.0403. The lowest BCUT2D eigenvalue weighted by atomic mass is 10.0. The molecule has 0 aliphatic carbocycles. The van der Waals surface area contributed by atoms with Gasteiger partial charge in [0.15, 0.2) is 5.54 Å². The number of benzene rings is 1. The van der Waals surface area contributed by atoms with E-state index >= 15 is 0 Å². The van der Waals surface area contributed by atoms with Crippen LogP contribution in [0.1, 0.15) is 37.8 Å². The van der Waals surface area contributed by atoms with Gasteiger partial charge in [-0.15, -0.1) is 0 Å². The van der Waals surface area contributed by atoms with E-state index in [4.69, 9.17) is 0 Å². The normalized spacial score (nSPS) is 18.5. The first-order valence-corrected chi connectivity index (χ1v) is 8.66. The van der Waals surface area contributed by atoms with E-state index in [9.17, 15) is 14.4 Å². The SMILES string of the molecule is CCNCNC(=O)CCCc1ccc(C#CC2(C)NC(=O)NC2=O)cc1. The molecule has 1 aromatic rings. The van der Waals surface area contributed by atoms with E-state index < -0.39 is 17.5 Å². The van der Waals surface area contributed by atoms with Crippen LogP contribution < -0.4 is 21.3 Å². The summed E-state index contributed by atoms with van der Waals surface area (Å²) in [6.07, 6.45) is 2.06. The summed E-state index contributed by atoms with van der Waals surface area (Å²) in [6, 6.07) is 7.11. The number of hydrogen-bond donors (Lipinski definition) is 4. The summed E-state index contributed by atoms with van der Waals surface area (Å²) in [5.41, 5.74) is 0.677. The fourth-order valence-electron chi connectivity index (χ4n) is 2.41. The molecule has 0 aromatic heterocycles. The summed E-state index contributed by atoms with van der Waals surface area (Å²) in [4.78, 5) is 34.5. The topological polar surface area (TPSA) is 99.3 Å². The molecule has 0 saturated carbocycles. The van der Waals surface area contributed by atoms with Gasteiger partial charge in [0.05, 0.1) is 6.67 Å².